The number of ether oxygens (including phenoxy) is 1. The number of carbonyl (C=O) groups excluding carboxylic acids is 2. The minimum Gasteiger partial charge on any atom is -0.445 e. The van der Waals surface area contributed by atoms with Gasteiger partial charge in [0.1, 0.15) is 11.9 Å². The molecule has 0 aromatic carbocycles. The normalized spacial score (nSPS) is 19.9. The van der Waals surface area contributed by atoms with E-state index in [-0.39, 0.29) is 19.4 Å². The molecule has 0 saturated carbocycles. The predicted octanol–water partition coefficient (Wildman–Crippen LogP) is -0.613. The first-order valence-electron chi connectivity index (χ1n) is 6.11. The lowest BCUT2D eigenvalue weighted by Crippen LogP contribution is -2.47. The third kappa shape index (κ3) is 6.67. The van der Waals surface area contributed by atoms with Gasteiger partial charge in [0.2, 0.25) is 15.9 Å². The standard InChI is InChI=1S/C10H17F2N3O5S/c11-10(12)2-1-3-15(6-10)8(16)4-7(20-9(13)17)5-21(14,18)19/h7H,1-6H2,(H2,13,17)(H2,14,18,19)/t7-/m0/s1. The molecule has 21 heavy (non-hydrogen) atoms. The summed E-state index contributed by atoms with van der Waals surface area (Å²) in [6.07, 6.45) is -3.43. The smallest absolute Gasteiger partial charge is 0.404 e. The Balaban J connectivity index is 2.69. The average Bonchev–Trinajstić information content (AvgIpc) is 2.23. The molecule has 0 bridgehead atoms. The number of rotatable bonds is 5. The van der Waals surface area contributed by atoms with Crippen molar-refractivity contribution in [2.45, 2.75) is 31.3 Å². The van der Waals surface area contributed by atoms with E-state index in [1.807, 2.05) is 0 Å². The molecule has 11 heteroatoms. The molecule has 1 aliphatic rings. The third-order valence-corrected chi connectivity index (χ3v) is 3.69. The molecule has 0 radical (unpaired) electrons. The fourth-order valence-corrected chi connectivity index (χ4v) is 2.76. The van der Waals surface area contributed by atoms with Crippen molar-refractivity contribution in [1.29, 1.82) is 0 Å². The molecule has 0 aromatic heterocycles. The highest BCUT2D eigenvalue weighted by Crippen LogP contribution is 2.27. The van der Waals surface area contributed by atoms with Crippen molar-refractivity contribution in [3.8, 4) is 0 Å². The van der Waals surface area contributed by atoms with Crippen LogP contribution in [0.3, 0.4) is 0 Å². The molecule has 1 fully saturated rings. The maximum Gasteiger partial charge on any atom is 0.404 e. The zero-order valence-electron chi connectivity index (χ0n) is 11.1. The van der Waals surface area contributed by atoms with Crippen molar-refractivity contribution in [3.63, 3.8) is 0 Å². The second kappa shape index (κ2) is 6.52. The van der Waals surface area contributed by atoms with Crippen LogP contribution in [0.2, 0.25) is 0 Å². The first-order chi connectivity index (χ1) is 9.48. The van der Waals surface area contributed by atoms with Crippen molar-refractivity contribution in [1.82, 2.24) is 4.90 Å². The van der Waals surface area contributed by atoms with Gasteiger partial charge in [-0.25, -0.2) is 27.1 Å². The number of sulfonamides is 1. The number of nitrogens with zero attached hydrogens (tertiary/aromatic N) is 1. The Bertz CT molecular complexity index is 511. The van der Waals surface area contributed by atoms with Gasteiger partial charge in [0.05, 0.1) is 13.0 Å². The largest absolute Gasteiger partial charge is 0.445 e. The minimum absolute atomic E-state index is 0.132. The molecule has 8 nitrogen and oxygen atoms in total. The zero-order valence-corrected chi connectivity index (χ0v) is 11.9. The van der Waals surface area contributed by atoms with Gasteiger partial charge < -0.3 is 15.4 Å². The second-order valence-electron chi connectivity index (χ2n) is 4.87. The topological polar surface area (TPSA) is 133 Å². The van der Waals surface area contributed by atoms with E-state index in [0.717, 1.165) is 4.90 Å². The fraction of sp³-hybridized carbons (Fsp3) is 0.800. The van der Waals surface area contributed by atoms with Gasteiger partial charge in [0.25, 0.3) is 5.92 Å². The van der Waals surface area contributed by atoms with Crippen LogP contribution >= 0.6 is 0 Å². The Kier molecular flexibility index (Phi) is 5.45. The van der Waals surface area contributed by atoms with Crippen molar-refractivity contribution >= 4 is 22.0 Å². The number of halogens is 2. The van der Waals surface area contributed by atoms with Gasteiger partial charge in [0, 0.05) is 13.0 Å². The summed E-state index contributed by atoms with van der Waals surface area (Å²) in [6.45, 7) is -0.614. The highest BCUT2D eigenvalue weighted by Gasteiger charge is 2.37. The summed E-state index contributed by atoms with van der Waals surface area (Å²) in [5, 5.41) is 4.80. The maximum atomic E-state index is 13.2. The molecule has 122 valence electrons. The second-order valence-corrected chi connectivity index (χ2v) is 6.53. The van der Waals surface area contributed by atoms with Gasteiger partial charge in [-0.1, -0.05) is 0 Å². The van der Waals surface area contributed by atoms with E-state index in [1.165, 1.54) is 0 Å². The Hall–Kier alpha value is -1.49. The fourth-order valence-electron chi connectivity index (χ4n) is 2.06. The van der Waals surface area contributed by atoms with Crippen LogP contribution in [-0.2, 0) is 19.6 Å². The Morgan fingerprint density at radius 2 is 2.00 bits per heavy atom. The molecular weight excluding hydrogens is 312 g/mol. The van der Waals surface area contributed by atoms with Gasteiger partial charge in [-0.15, -0.1) is 0 Å². The number of carbonyl (C=O) groups is 2. The van der Waals surface area contributed by atoms with Crippen molar-refractivity contribution < 1.29 is 31.5 Å². The van der Waals surface area contributed by atoms with E-state index in [4.69, 9.17) is 10.9 Å². The highest BCUT2D eigenvalue weighted by atomic mass is 32.2. The molecule has 0 unspecified atom stereocenters. The molecule has 1 heterocycles. The van der Waals surface area contributed by atoms with E-state index in [0.29, 0.717) is 0 Å². The van der Waals surface area contributed by atoms with Crippen LogP contribution in [0.15, 0.2) is 0 Å². The van der Waals surface area contributed by atoms with Gasteiger partial charge in [-0.3, -0.25) is 4.79 Å². The van der Waals surface area contributed by atoms with Crippen LogP contribution in [0.5, 0.6) is 0 Å². The number of primary amides is 1. The SMILES string of the molecule is NC(=O)O[C@@H](CC(=O)N1CCCC(F)(F)C1)CS(N)(=O)=O. The van der Waals surface area contributed by atoms with E-state index in [9.17, 15) is 26.8 Å². The number of primary sulfonamides is 1. The van der Waals surface area contributed by atoms with Crippen LogP contribution in [0.1, 0.15) is 19.3 Å². The van der Waals surface area contributed by atoms with Crippen LogP contribution < -0.4 is 10.9 Å². The summed E-state index contributed by atoms with van der Waals surface area (Å²) in [4.78, 5) is 23.5. The quantitative estimate of drug-likeness (QED) is 0.694. The number of nitrogens with two attached hydrogens (primary N) is 2. The molecule has 1 atom stereocenters. The number of hydrogen-bond donors (Lipinski definition) is 2. The van der Waals surface area contributed by atoms with Crippen molar-refractivity contribution in [2.24, 2.45) is 10.9 Å². The summed E-state index contributed by atoms with van der Waals surface area (Å²) in [5.41, 5.74) is 4.77. The first kappa shape index (κ1) is 17.6. The lowest BCUT2D eigenvalue weighted by Gasteiger charge is -2.33. The van der Waals surface area contributed by atoms with Crippen molar-refractivity contribution in [3.05, 3.63) is 0 Å². The number of piperidine rings is 1. The summed E-state index contributed by atoms with van der Waals surface area (Å²) >= 11 is 0. The zero-order chi connectivity index (χ0) is 16.3. The van der Waals surface area contributed by atoms with Crippen LogP contribution in [0.25, 0.3) is 0 Å². The molecule has 2 amide bonds. The van der Waals surface area contributed by atoms with Gasteiger partial charge in [0.15, 0.2) is 0 Å². The summed E-state index contributed by atoms with van der Waals surface area (Å²) in [5.74, 6) is -4.54. The molecule has 0 aromatic rings. The molecule has 1 saturated heterocycles. The Morgan fingerprint density at radius 1 is 1.38 bits per heavy atom. The van der Waals surface area contributed by atoms with Gasteiger partial charge in [-0.2, -0.15) is 0 Å². The minimum atomic E-state index is -4.02. The molecular formula is C10H17F2N3O5S. The number of amides is 2. The van der Waals surface area contributed by atoms with E-state index >= 15 is 0 Å². The number of hydrogen-bond acceptors (Lipinski definition) is 5. The lowest BCUT2D eigenvalue weighted by atomic mass is 10.1. The summed E-state index contributed by atoms with van der Waals surface area (Å²) in [6, 6.07) is 0. The van der Waals surface area contributed by atoms with Crippen LogP contribution in [0, 0.1) is 0 Å². The van der Waals surface area contributed by atoms with Crippen LogP contribution in [0.4, 0.5) is 13.6 Å². The summed E-state index contributed by atoms with van der Waals surface area (Å²) < 4.78 is 52.9. The molecule has 1 aliphatic heterocycles. The lowest BCUT2D eigenvalue weighted by molar-refractivity contribution is -0.143. The molecule has 1 rings (SSSR count). The van der Waals surface area contributed by atoms with Crippen molar-refractivity contribution in [2.75, 3.05) is 18.8 Å². The van der Waals surface area contributed by atoms with E-state index in [2.05, 4.69) is 4.74 Å². The van der Waals surface area contributed by atoms with Gasteiger partial charge in [-0.05, 0) is 6.42 Å². The first-order valence-corrected chi connectivity index (χ1v) is 7.82. The maximum absolute atomic E-state index is 13.2. The van der Waals surface area contributed by atoms with E-state index in [1.54, 1.807) is 0 Å². The van der Waals surface area contributed by atoms with Crippen LogP contribution in [-0.4, -0.2) is 56.2 Å². The van der Waals surface area contributed by atoms with E-state index < -0.39 is 52.8 Å². The summed E-state index contributed by atoms with van der Waals surface area (Å²) in [7, 11) is -4.02. The molecule has 0 spiro atoms. The third-order valence-electron chi connectivity index (χ3n) is 2.85. The predicted molar refractivity (Wildman–Crippen MR) is 67.8 cm³/mol. The Labute approximate surface area is 120 Å². The monoisotopic (exact) mass is 329 g/mol. The number of alkyl halides is 2. The van der Waals surface area contributed by atoms with Gasteiger partial charge >= 0.3 is 6.09 Å². The highest BCUT2D eigenvalue weighted by molar-refractivity contribution is 7.89. The Morgan fingerprint density at radius 3 is 2.48 bits per heavy atom. The molecule has 0 aliphatic carbocycles. The number of likely N-dealkylation sites (tertiary alicyclic amines) is 1. The average molecular weight is 329 g/mol. The molecule has 4 N–H and O–H groups in total.